The molecule has 37 heavy (non-hydrogen) atoms. The summed E-state index contributed by atoms with van der Waals surface area (Å²) in [5.41, 5.74) is 1.44. The van der Waals surface area contributed by atoms with Crippen molar-refractivity contribution in [2.45, 2.75) is 32.9 Å². The van der Waals surface area contributed by atoms with Crippen molar-refractivity contribution in [1.29, 1.82) is 0 Å². The van der Waals surface area contributed by atoms with Crippen LogP contribution < -0.4 is 14.7 Å². The Balaban J connectivity index is 1.51. The van der Waals surface area contributed by atoms with Gasteiger partial charge in [0.2, 0.25) is 5.95 Å². The maximum atomic E-state index is 13.9. The molecule has 0 amide bonds. The summed E-state index contributed by atoms with van der Waals surface area (Å²) in [7, 11) is 0. The molecule has 11 heteroatoms. The fraction of sp³-hybridized carbons (Fsp3) is 0.462. The third-order valence-electron chi connectivity index (χ3n) is 6.97. The lowest BCUT2D eigenvalue weighted by Gasteiger charge is -2.42. The molecule has 0 N–H and O–H groups in total. The van der Waals surface area contributed by atoms with Crippen molar-refractivity contribution in [1.82, 2.24) is 19.9 Å². The second-order valence-electron chi connectivity index (χ2n) is 9.78. The Morgan fingerprint density at radius 2 is 1.84 bits per heavy atom. The van der Waals surface area contributed by atoms with Gasteiger partial charge in [0.05, 0.1) is 30.0 Å². The van der Waals surface area contributed by atoms with Crippen LogP contribution in [-0.4, -0.2) is 71.4 Å². The summed E-state index contributed by atoms with van der Waals surface area (Å²) in [4.78, 5) is 25.2. The molecule has 0 bridgehead atoms. The Hall–Kier alpha value is -2.75. The smallest absolute Gasteiger partial charge is 0.228 e. The van der Waals surface area contributed by atoms with E-state index in [1.807, 2.05) is 6.07 Å². The first-order chi connectivity index (χ1) is 17.8. The fourth-order valence-corrected chi connectivity index (χ4v) is 5.35. The van der Waals surface area contributed by atoms with Crippen molar-refractivity contribution in [2.75, 3.05) is 54.1 Å². The standard InChI is InChI=1S/C26H30Cl2FN7O/c1-16(2)22-15-37-11-10-36(22)26-32-21(18-4-5-20(29)19(27)12-18)13-23(33-26)35-9-8-34(14-17(35)3)25-24(28)30-6-7-31-25/h4-7,12-13,16-17,22H,8-11,14-15H2,1-3H3/t17?,22-/m1/s1. The fourth-order valence-electron chi connectivity index (χ4n) is 4.94. The molecule has 2 saturated heterocycles. The monoisotopic (exact) mass is 545 g/mol. The first kappa shape index (κ1) is 25.9. The van der Waals surface area contributed by atoms with Crippen LogP contribution in [0.1, 0.15) is 20.8 Å². The predicted octanol–water partition coefficient (Wildman–Crippen LogP) is 4.96. The molecule has 4 heterocycles. The number of benzene rings is 1. The zero-order chi connectivity index (χ0) is 26.1. The van der Waals surface area contributed by atoms with E-state index in [1.165, 1.54) is 6.07 Å². The first-order valence-electron chi connectivity index (χ1n) is 12.5. The van der Waals surface area contributed by atoms with E-state index in [0.29, 0.717) is 67.9 Å². The molecule has 2 atom stereocenters. The SMILES string of the molecule is CC(C)[C@H]1COCCN1c1nc(-c2ccc(F)c(Cl)c2)cc(N2CCN(c3nccnc3Cl)CC2C)n1. The summed E-state index contributed by atoms with van der Waals surface area (Å²) in [5.74, 6) is 2.04. The quantitative estimate of drug-likeness (QED) is 0.445. The van der Waals surface area contributed by atoms with Crippen LogP contribution >= 0.6 is 23.2 Å². The highest BCUT2D eigenvalue weighted by atomic mass is 35.5. The summed E-state index contributed by atoms with van der Waals surface area (Å²) in [5, 5.41) is 0.462. The van der Waals surface area contributed by atoms with Crippen LogP contribution in [0.2, 0.25) is 10.2 Å². The molecule has 2 aliphatic heterocycles. The molecular formula is C26H30Cl2FN7O. The van der Waals surface area contributed by atoms with Crippen LogP contribution in [0.25, 0.3) is 11.3 Å². The Morgan fingerprint density at radius 3 is 2.57 bits per heavy atom. The van der Waals surface area contributed by atoms with Crippen LogP contribution in [0.4, 0.5) is 22.0 Å². The Morgan fingerprint density at radius 1 is 1.03 bits per heavy atom. The lowest BCUT2D eigenvalue weighted by Crippen LogP contribution is -2.53. The lowest BCUT2D eigenvalue weighted by molar-refractivity contribution is 0.0797. The number of ether oxygens (including phenoxy) is 1. The summed E-state index contributed by atoms with van der Waals surface area (Å²) >= 11 is 12.4. The van der Waals surface area contributed by atoms with Gasteiger partial charge in [0, 0.05) is 56.2 Å². The zero-order valence-electron chi connectivity index (χ0n) is 21.1. The van der Waals surface area contributed by atoms with E-state index in [0.717, 1.165) is 11.4 Å². The van der Waals surface area contributed by atoms with Gasteiger partial charge < -0.3 is 19.4 Å². The Bertz CT molecular complexity index is 1260. The first-order valence-corrected chi connectivity index (χ1v) is 13.2. The van der Waals surface area contributed by atoms with Gasteiger partial charge in [-0.15, -0.1) is 0 Å². The molecule has 196 valence electrons. The molecule has 0 spiro atoms. The minimum Gasteiger partial charge on any atom is -0.377 e. The number of hydrogen-bond acceptors (Lipinski definition) is 8. The van der Waals surface area contributed by atoms with E-state index >= 15 is 0 Å². The summed E-state index contributed by atoms with van der Waals surface area (Å²) in [6.45, 7) is 10.6. The van der Waals surface area contributed by atoms with E-state index < -0.39 is 5.82 Å². The Labute approximate surface area is 226 Å². The van der Waals surface area contributed by atoms with Crippen molar-refractivity contribution in [3.05, 3.63) is 52.7 Å². The molecule has 5 rings (SSSR count). The molecule has 1 aromatic carbocycles. The van der Waals surface area contributed by atoms with E-state index in [-0.39, 0.29) is 17.1 Å². The van der Waals surface area contributed by atoms with Crippen LogP contribution in [0.15, 0.2) is 36.7 Å². The molecular weight excluding hydrogens is 516 g/mol. The number of nitrogens with zero attached hydrogens (tertiary/aromatic N) is 7. The van der Waals surface area contributed by atoms with Crippen molar-refractivity contribution < 1.29 is 9.13 Å². The van der Waals surface area contributed by atoms with E-state index in [9.17, 15) is 4.39 Å². The van der Waals surface area contributed by atoms with Crippen LogP contribution in [0, 0.1) is 11.7 Å². The van der Waals surface area contributed by atoms with Gasteiger partial charge in [0.15, 0.2) is 11.0 Å². The van der Waals surface area contributed by atoms with Crippen LogP contribution in [0.5, 0.6) is 0 Å². The summed E-state index contributed by atoms with van der Waals surface area (Å²) in [6, 6.07) is 6.92. The lowest BCUT2D eigenvalue weighted by atomic mass is 10.0. The van der Waals surface area contributed by atoms with Crippen molar-refractivity contribution in [2.24, 2.45) is 5.92 Å². The molecule has 2 aliphatic rings. The van der Waals surface area contributed by atoms with E-state index in [1.54, 1.807) is 24.5 Å². The van der Waals surface area contributed by atoms with Crippen LogP contribution in [-0.2, 0) is 4.74 Å². The number of rotatable bonds is 5. The van der Waals surface area contributed by atoms with Crippen molar-refractivity contribution in [3.63, 3.8) is 0 Å². The number of anilines is 3. The van der Waals surface area contributed by atoms with Gasteiger partial charge in [-0.3, -0.25) is 0 Å². The van der Waals surface area contributed by atoms with E-state index in [2.05, 4.69) is 45.4 Å². The third-order valence-corrected chi connectivity index (χ3v) is 7.52. The van der Waals surface area contributed by atoms with Crippen LogP contribution in [0.3, 0.4) is 0 Å². The highest BCUT2D eigenvalue weighted by molar-refractivity contribution is 6.31. The largest absolute Gasteiger partial charge is 0.377 e. The topological polar surface area (TPSA) is 70.5 Å². The second kappa shape index (κ2) is 10.9. The average molecular weight is 546 g/mol. The summed E-state index contributed by atoms with van der Waals surface area (Å²) < 4.78 is 19.7. The van der Waals surface area contributed by atoms with Gasteiger partial charge in [0.1, 0.15) is 11.6 Å². The van der Waals surface area contributed by atoms with Gasteiger partial charge in [0.25, 0.3) is 0 Å². The number of morpholine rings is 1. The number of aromatic nitrogens is 4. The maximum absolute atomic E-state index is 13.9. The van der Waals surface area contributed by atoms with Gasteiger partial charge in [-0.2, -0.15) is 4.98 Å². The molecule has 2 aromatic heterocycles. The van der Waals surface area contributed by atoms with Crippen molar-refractivity contribution in [3.8, 4) is 11.3 Å². The van der Waals surface area contributed by atoms with Gasteiger partial charge in [-0.1, -0.05) is 37.0 Å². The number of halogens is 3. The number of piperazine rings is 1. The summed E-state index contributed by atoms with van der Waals surface area (Å²) in [6.07, 6.45) is 3.25. The molecule has 0 aliphatic carbocycles. The molecule has 3 aromatic rings. The van der Waals surface area contributed by atoms with E-state index in [4.69, 9.17) is 37.9 Å². The zero-order valence-corrected chi connectivity index (χ0v) is 22.6. The molecule has 8 nitrogen and oxygen atoms in total. The van der Waals surface area contributed by atoms with Crippen molar-refractivity contribution >= 4 is 40.8 Å². The highest BCUT2D eigenvalue weighted by Gasteiger charge is 2.31. The molecule has 0 radical (unpaired) electrons. The third kappa shape index (κ3) is 5.44. The molecule has 2 fully saturated rings. The normalized spacial score (nSPS) is 20.6. The van der Waals surface area contributed by atoms with Gasteiger partial charge >= 0.3 is 0 Å². The minimum absolute atomic E-state index is 0.0634. The Kier molecular flexibility index (Phi) is 7.65. The average Bonchev–Trinajstić information content (AvgIpc) is 2.90. The minimum atomic E-state index is -0.458. The predicted molar refractivity (Wildman–Crippen MR) is 145 cm³/mol. The number of hydrogen-bond donors (Lipinski definition) is 0. The van der Waals surface area contributed by atoms with Gasteiger partial charge in [-0.25, -0.2) is 19.3 Å². The molecule has 0 saturated carbocycles. The second-order valence-corrected chi connectivity index (χ2v) is 10.5. The molecule has 1 unspecified atom stereocenters. The maximum Gasteiger partial charge on any atom is 0.228 e. The van der Waals surface area contributed by atoms with Gasteiger partial charge in [-0.05, 0) is 31.0 Å². The highest BCUT2D eigenvalue weighted by Crippen LogP contribution is 2.32.